The number of cyclic esters (lactones) is 1. The lowest BCUT2D eigenvalue weighted by molar-refractivity contribution is -0.785. The van der Waals surface area contributed by atoms with Crippen LogP contribution >= 0.6 is 0 Å². The van der Waals surface area contributed by atoms with Crippen molar-refractivity contribution < 1.29 is 30.6 Å². The Hall–Kier alpha value is -2.57. The van der Waals surface area contributed by atoms with E-state index in [1.165, 1.54) is 11.1 Å². The molecule has 0 aliphatic carbocycles. The normalized spacial score (nSPS) is 24.0. The van der Waals surface area contributed by atoms with Gasteiger partial charge in [0.05, 0.1) is 12.6 Å². The van der Waals surface area contributed by atoms with Crippen LogP contribution in [0.2, 0.25) is 0 Å². The van der Waals surface area contributed by atoms with Gasteiger partial charge in [-0.1, -0.05) is 60.7 Å². The highest BCUT2D eigenvalue weighted by Crippen LogP contribution is 2.09. The van der Waals surface area contributed by atoms with Crippen LogP contribution in [0, 0.1) is 0 Å². The fourth-order valence-corrected chi connectivity index (χ4v) is 3.07. The van der Waals surface area contributed by atoms with Gasteiger partial charge < -0.3 is 43.4 Å². The van der Waals surface area contributed by atoms with E-state index in [4.69, 9.17) is 9.47 Å². The fourth-order valence-electron chi connectivity index (χ4n) is 3.07. The molecule has 168 valence electrons. The summed E-state index contributed by atoms with van der Waals surface area (Å²) in [5, 5.41) is 16.8. The first-order valence-electron chi connectivity index (χ1n) is 8.99. The molecule has 30 heavy (non-hydrogen) atoms. The molecule has 3 atom stereocenters. The summed E-state index contributed by atoms with van der Waals surface area (Å²) in [6.45, 7) is 0.912. The van der Waals surface area contributed by atoms with Crippen molar-refractivity contribution in [2.24, 2.45) is 0 Å². The third-order valence-corrected chi connectivity index (χ3v) is 4.33. The number of carbonyl (C=O) groups excluding carboxylic acids is 1. The zero-order valence-electron chi connectivity index (χ0n) is 17.1. The summed E-state index contributed by atoms with van der Waals surface area (Å²) in [5.74, 6) is 0. The molecule has 2 aliphatic heterocycles. The number of nitrogens with one attached hydrogen (secondary N) is 2. The molecule has 0 saturated carbocycles. The SMILES string of the molecule is O=C1NC(Cc2ccccc2)CO1.[NH2-].[NH3+]C1([O-])NC(Cc2ccccc2)CO1.[NH4+].[OH-]. The van der Waals surface area contributed by atoms with Crippen LogP contribution in [-0.4, -0.2) is 42.9 Å². The third kappa shape index (κ3) is 8.84. The lowest BCUT2D eigenvalue weighted by Gasteiger charge is -2.24. The highest BCUT2D eigenvalue weighted by molar-refractivity contribution is 5.69. The second-order valence-corrected chi connectivity index (χ2v) is 6.72. The maximum Gasteiger partial charge on any atom is 0.407 e. The maximum absolute atomic E-state index is 11.3. The molecule has 2 aromatic carbocycles. The van der Waals surface area contributed by atoms with E-state index in [9.17, 15) is 9.90 Å². The summed E-state index contributed by atoms with van der Waals surface area (Å²) < 4.78 is 9.73. The van der Waals surface area contributed by atoms with E-state index in [0.717, 1.165) is 12.8 Å². The lowest BCUT2D eigenvalue weighted by atomic mass is 10.1. The summed E-state index contributed by atoms with van der Waals surface area (Å²) >= 11 is 0. The molecule has 2 aromatic rings. The summed E-state index contributed by atoms with van der Waals surface area (Å²) in [7, 11) is 0. The maximum atomic E-state index is 11.3. The van der Waals surface area contributed by atoms with Crippen LogP contribution in [0.3, 0.4) is 0 Å². The number of alkyl carbamates (subject to hydrolysis) is 1. The molecule has 0 spiro atoms. The van der Waals surface area contributed by atoms with E-state index in [1.54, 1.807) is 0 Å². The average molecular weight is 423 g/mol. The number of carbonyl (C=O) groups is 1. The molecule has 0 bridgehead atoms. The van der Waals surface area contributed by atoms with Gasteiger partial charge in [-0.2, -0.15) is 0 Å². The Kier molecular flexibility index (Phi) is 11.8. The van der Waals surface area contributed by atoms with Gasteiger partial charge in [0.2, 0.25) is 6.03 Å². The Balaban J connectivity index is 0.000000511. The highest BCUT2D eigenvalue weighted by Gasteiger charge is 2.29. The number of rotatable bonds is 4. The molecule has 2 saturated heterocycles. The van der Waals surface area contributed by atoms with Crippen molar-refractivity contribution in [2.45, 2.75) is 31.0 Å². The number of hydrogen-bond acceptors (Lipinski definition) is 6. The molecular weight excluding hydrogens is 390 g/mol. The van der Waals surface area contributed by atoms with E-state index in [0.29, 0.717) is 13.2 Å². The number of amides is 1. The zero-order chi connectivity index (χ0) is 19.1. The van der Waals surface area contributed by atoms with E-state index in [2.05, 4.69) is 16.4 Å². The van der Waals surface area contributed by atoms with Crippen molar-refractivity contribution in [1.29, 1.82) is 0 Å². The van der Waals surface area contributed by atoms with E-state index in [-0.39, 0.29) is 36.0 Å². The van der Waals surface area contributed by atoms with Crippen molar-refractivity contribution in [1.82, 2.24) is 16.8 Å². The molecular formula is C20H32N5O5-. The molecule has 10 nitrogen and oxygen atoms in total. The van der Waals surface area contributed by atoms with Crippen molar-refractivity contribution in [2.75, 3.05) is 13.2 Å². The Morgan fingerprint density at radius 3 is 1.87 bits per heavy atom. The number of hydrogen-bond donors (Lipinski definition) is 4. The first-order valence-corrected chi connectivity index (χ1v) is 8.99. The summed E-state index contributed by atoms with van der Waals surface area (Å²) in [6, 6.07) is 18.6. The van der Waals surface area contributed by atoms with Crippen LogP contribution in [0.5, 0.6) is 0 Å². The van der Waals surface area contributed by atoms with Gasteiger partial charge in [-0.15, -0.1) is 0 Å². The quantitative estimate of drug-likeness (QED) is 0.520. The van der Waals surface area contributed by atoms with Gasteiger partial charge in [0.15, 0.2) is 0 Å². The van der Waals surface area contributed by atoms with Crippen molar-refractivity contribution in [3.05, 3.63) is 77.9 Å². The van der Waals surface area contributed by atoms with Crippen LogP contribution in [0.4, 0.5) is 4.79 Å². The highest BCUT2D eigenvalue weighted by atomic mass is 16.7. The third-order valence-electron chi connectivity index (χ3n) is 4.33. The van der Waals surface area contributed by atoms with E-state index in [1.807, 2.05) is 60.7 Å². The van der Waals surface area contributed by atoms with E-state index >= 15 is 0 Å². The summed E-state index contributed by atoms with van der Waals surface area (Å²) in [5.41, 5.74) is 5.79. The molecule has 2 fully saturated rings. The average Bonchev–Trinajstić information content (AvgIpc) is 3.22. The standard InChI is InChI=1S/C10H13N2O2.C10H11NO2.H3N.H2N.H2O/c11-10(13)12-9(7-14-10)6-8-4-2-1-3-5-8;12-10-11-9(7-13-10)6-8-4-2-1-3-5-8;;;/h1-5,9,12H,6-7,11H2;1-5,9H,6-7H2,(H,11,12);1H3;2*1H2/q-1;;;-1;/p+1. The predicted octanol–water partition coefficient (Wildman–Crippen LogP) is 0.685. The first-order chi connectivity index (χ1) is 13.0. The number of ether oxygens (including phenoxy) is 2. The predicted molar refractivity (Wildman–Crippen MR) is 110 cm³/mol. The first kappa shape index (κ1) is 27.4. The number of nitrogens with two attached hydrogens (primary N) is 1. The Bertz CT molecular complexity index is 733. The summed E-state index contributed by atoms with van der Waals surface area (Å²) in [6.07, 6.45) is 1.34. The second kappa shape index (κ2) is 12.9. The second-order valence-electron chi connectivity index (χ2n) is 6.72. The van der Waals surface area contributed by atoms with Crippen LogP contribution in [-0.2, 0) is 22.3 Å². The van der Waals surface area contributed by atoms with Gasteiger partial charge in [-0.3, -0.25) is 0 Å². The minimum absolute atomic E-state index is 0. The lowest BCUT2D eigenvalue weighted by Crippen LogP contribution is -2.86. The Labute approximate surface area is 176 Å². The van der Waals surface area contributed by atoms with Gasteiger partial charge in [-0.25, -0.2) is 10.1 Å². The van der Waals surface area contributed by atoms with Crippen molar-refractivity contribution >= 4 is 6.09 Å². The monoisotopic (exact) mass is 422 g/mol. The van der Waals surface area contributed by atoms with Crippen LogP contribution in [0.1, 0.15) is 11.1 Å². The van der Waals surface area contributed by atoms with Crippen LogP contribution in [0.15, 0.2) is 60.7 Å². The topological polar surface area (TPSA) is 210 Å². The molecule has 2 aliphatic rings. The van der Waals surface area contributed by atoms with Crippen LogP contribution < -0.4 is 27.6 Å². The van der Waals surface area contributed by atoms with Gasteiger partial charge >= 0.3 is 6.09 Å². The molecule has 2 heterocycles. The van der Waals surface area contributed by atoms with Gasteiger partial charge in [-0.05, 0) is 24.0 Å². The molecule has 0 aromatic heterocycles. The minimum atomic E-state index is -1.65. The minimum Gasteiger partial charge on any atom is -0.870 e. The fraction of sp³-hybridized carbons (Fsp3) is 0.350. The Morgan fingerprint density at radius 2 is 1.47 bits per heavy atom. The molecule has 4 rings (SSSR count). The summed E-state index contributed by atoms with van der Waals surface area (Å²) in [4.78, 5) is 10.7. The molecule has 1 amide bonds. The molecule has 10 heteroatoms. The largest absolute Gasteiger partial charge is 0.870 e. The molecule has 0 radical (unpaired) electrons. The number of quaternary nitrogens is 2. The van der Waals surface area contributed by atoms with Gasteiger partial charge in [0.25, 0.3) is 0 Å². The molecule has 3 unspecified atom stereocenters. The van der Waals surface area contributed by atoms with Gasteiger partial charge in [0.1, 0.15) is 6.61 Å². The Morgan fingerprint density at radius 1 is 0.967 bits per heavy atom. The van der Waals surface area contributed by atoms with Gasteiger partial charge in [0, 0.05) is 6.04 Å². The molecule has 12 N–H and O–H groups in total. The van der Waals surface area contributed by atoms with Crippen molar-refractivity contribution in [3.8, 4) is 0 Å². The van der Waals surface area contributed by atoms with Crippen LogP contribution in [0.25, 0.3) is 6.15 Å². The van der Waals surface area contributed by atoms with Crippen molar-refractivity contribution in [3.63, 3.8) is 0 Å². The smallest absolute Gasteiger partial charge is 0.407 e. The zero-order valence-corrected chi connectivity index (χ0v) is 17.1. The van der Waals surface area contributed by atoms with E-state index < -0.39 is 6.03 Å². The number of benzene rings is 2.